The van der Waals surface area contributed by atoms with Gasteiger partial charge in [-0.05, 0) is 36.6 Å². The lowest BCUT2D eigenvalue weighted by molar-refractivity contribution is -0.180. The minimum atomic E-state index is -0.742. The first-order chi connectivity index (χ1) is 15.2. The van der Waals surface area contributed by atoms with E-state index in [9.17, 15) is 14.4 Å². The lowest BCUT2D eigenvalue weighted by Gasteiger charge is -2.34. The second-order valence-corrected chi connectivity index (χ2v) is 9.67. The minimum absolute atomic E-state index is 0.243. The zero-order valence-corrected chi connectivity index (χ0v) is 20.2. The Kier molecular flexibility index (Phi) is 7.98. The third-order valence-electron chi connectivity index (χ3n) is 5.15. The van der Waals surface area contributed by atoms with Crippen LogP contribution in [0.1, 0.15) is 56.8 Å². The van der Waals surface area contributed by atoms with E-state index in [1.807, 2.05) is 45.0 Å². The van der Waals surface area contributed by atoms with Gasteiger partial charge in [0, 0.05) is 34.0 Å². The number of carbonyl (C=O) groups is 3. The molecule has 3 rings (SSSR count). The summed E-state index contributed by atoms with van der Waals surface area (Å²) in [7, 11) is 0. The summed E-state index contributed by atoms with van der Waals surface area (Å²) < 4.78 is 6.62. The van der Waals surface area contributed by atoms with Crippen LogP contribution < -0.4 is 5.06 Å². The molecule has 7 heteroatoms. The van der Waals surface area contributed by atoms with E-state index in [-0.39, 0.29) is 18.1 Å². The van der Waals surface area contributed by atoms with E-state index in [2.05, 4.69) is 15.9 Å². The van der Waals surface area contributed by atoms with Gasteiger partial charge < -0.3 is 9.53 Å². The van der Waals surface area contributed by atoms with Crippen molar-refractivity contribution in [2.45, 2.75) is 52.7 Å². The molecule has 2 aromatic rings. The summed E-state index contributed by atoms with van der Waals surface area (Å²) in [6, 6.07) is 12.6. The Morgan fingerprint density at radius 2 is 1.88 bits per heavy atom. The van der Waals surface area contributed by atoms with Crippen LogP contribution in [0, 0.1) is 5.41 Å². The number of Topliss-reactive ketones (excluding diaryl/α,β-unsaturated/α-hetero) is 1. The Balaban J connectivity index is 2.18. The van der Waals surface area contributed by atoms with Crippen LogP contribution in [0.3, 0.4) is 0 Å². The molecule has 1 aliphatic heterocycles. The first kappa shape index (κ1) is 24.3. The quantitative estimate of drug-likeness (QED) is 0.210. The summed E-state index contributed by atoms with van der Waals surface area (Å²) in [5, 5.41) is 1.27. The minimum Gasteiger partial charge on any atom is -0.350 e. The van der Waals surface area contributed by atoms with E-state index in [0.29, 0.717) is 36.1 Å². The van der Waals surface area contributed by atoms with Crippen molar-refractivity contribution < 1.29 is 24.0 Å². The molecule has 1 atom stereocenters. The molecule has 0 N–H and O–H groups in total. The van der Waals surface area contributed by atoms with Gasteiger partial charge in [-0.15, -0.1) is 0 Å². The fraction of sp³-hybridized carbons (Fsp3) is 0.400. The highest BCUT2D eigenvalue weighted by Crippen LogP contribution is 2.38. The lowest BCUT2D eigenvalue weighted by Crippen LogP contribution is -2.43. The van der Waals surface area contributed by atoms with E-state index in [4.69, 9.17) is 9.57 Å². The molecule has 32 heavy (non-hydrogen) atoms. The monoisotopic (exact) mass is 501 g/mol. The van der Waals surface area contributed by atoms with Crippen molar-refractivity contribution in [1.82, 2.24) is 0 Å². The van der Waals surface area contributed by atoms with Crippen LogP contribution in [0.2, 0.25) is 0 Å². The number of hydrogen-bond donors (Lipinski definition) is 0. The van der Waals surface area contributed by atoms with Crippen LogP contribution in [0.5, 0.6) is 0 Å². The van der Waals surface area contributed by atoms with Crippen LogP contribution in [-0.2, 0) is 19.2 Å². The highest BCUT2D eigenvalue weighted by atomic mass is 79.9. The Bertz CT molecular complexity index is 975. The van der Waals surface area contributed by atoms with Crippen molar-refractivity contribution in [3.8, 4) is 11.1 Å². The van der Waals surface area contributed by atoms with Gasteiger partial charge >= 0.3 is 0 Å². The number of ether oxygens (including phenoxy) is 1. The molecule has 0 bridgehead atoms. The molecule has 1 aliphatic rings. The van der Waals surface area contributed by atoms with Crippen LogP contribution in [0.15, 0.2) is 46.9 Å². The second-order valence-electron chi connectivity index (χ2n) is 8.75. The van der Waals surface area contributed by atoms with Gasteiger partial charge in [0.15, 0.2) is 12.1 Å². The van der Waals surface area contributed by atoms with Crippen molar-refractivity contribution in [3.63, 3.8) is 0 Å². The number of aldehydes is 1. The van der Waals surface area contributed by atoms with E-state index in [0.717, 1.165) is 22.9 Å². The molecule has 0 aromatic heterocycles. The van der Waals surface area contributed by atoms with Crippen molar-refractivity contribution >= 4 is 39.6 Å². The standard InChI is InChI=1S/C25H28BrNO5/c1-25(2,3)24(30)27(32-22-9-4-5-16-31-22)20-8-6-7-19(21(29)14-15-28)23(20)17-10-12-18(26)13-11-17/h6-8,10-13,15,22H,4-5,9,14,16H2,1-3H3. The smallest absolute Gasteiger partial charge is 0.256 e. The number of ketones is 1. The number of carbonyl (C=O) groups excluding carboxylic acids is 3. The van der Waals surface area contributed by atoms with Gasteiger partial charge in [-0.1, -0.05) is 61.0 Å². The summed E-state index contributed by atoms with van der Waals surface area (Å²) in [5.74, 6) is -0.582. The molecule has 1 fully saturated rings. The van der Waals surface area contributed by atoms with E-state index < -0.39 is 11.7 Å². The summed E-state index contributed by atoms with van der Waals surface area (Å²) in [4.78, 5) is 43.5. The van der Waals surface area contributed by atoms with Gasteiger partial charge in [-0.25, -0.2) is 4.84 Å². The summed E-state index contributed by atoms with van der Waals surface area (Å²) >= 11 is 3.43. The molecule has 0 saturated carbocycles. The molecule has 0 radical (unpaired) electrons. The normalized spacial score (nSPS) is 16.4. The number of anilines is 1. The zero-order chi connectivity index (χ0) is 23.3. The molecule has 1 amide bonds. The molecule has 1 unspecified atom stereocenters. The number of hydrogen-bond acceptors (Lipinski definition) is 5. The maximum atomic E-state index is 13.5. The molecular formula is C25H28BrNO5. The largest absolute Gasteiger partial charge is 0.350 e. The highest BCUT2D eigenvalue weighted by molar-refractivity contribution is 9.10. The van der Waals surface area contributed by atoms with Crippen LogP contribution >= 0.6 is 15.9 Å². The van der Waals surface area contributed by atoms with Gasteiger partial charge in [0.05, 0.1) is 12.1 Å². The van der Waals surface area contributed by atoms with E-state index in [1.54, 1.807) is 18.2 Å². The summed E-state index contributed by atoms with van der Waals surface area (Å²) in [6.45, 7) is 6.01. The Labute approximate surface area is 197 Å². The zero-order valence-electron chi connectivity index (χ0n) is 18.6. The summed E-state index contributed by atoms with van der Waals surface area (Å²) in [6.07, 6.45) is 2.36. The third-order valence-corrected chi connectivity index (χ3v) is 5.68. The number of hydroxylamine groups is 1. The summed E-state index contributed by atoms with van der Waals surface area (Å²) in [5.41, 5.74) is 1.34. The van der Waals surface area contributed by atoms with Gasteiger partial charge in [0.25, 0.3) is 5.91 Å². The SMILES string of the molecule is CC(C)(C)C(=O)N(OC1CCCCO1)c1cccc(C(=O)CC=O)c1-c1ccc(Br)cc1. The maximum absolute atomic E-state index is 13.5. The van der Waals surface area contributed by atoms with Crippen molar-refractivity contribution in [2.75, 3.05) is 11.7 Å². The fourth-order valence-electron chi connectivity index (χ4n) is 3.48. The average Bonchev–Trinajstić information content (AvgIpc) is 2.77. The maximum Gasteiger partial charge on any atom is 0.256 e. The predicted molar refractivity (Wildman–Crippen MR) is 126 cm³/mol. The van der Waals surface area contributed by atoms with Crippen LogP contribution in [-0.4, -0.2) is 30.9 Å². The van der Waals surface area contributed by atoms with Gasteiger partial charge in [-0.3, -0.25) is 9.59 Å². The van der Waals surface area contributed by atoms with Crippen LogP contribution in [0.25, 0.3) is 11.1 Å². The predicted octanol–water partition coefficient (Wildman–Crippen LogP) is 5.73. The lowest BCUT2D eigenvalue weighted by atomic mass is 9.92. The van der Waals surface area contributed by atoms with Gasteiger partial charge in [0.2, 0.25) is 0 Å². The Morgan fingerprint density at radius 1 is 1.16 bits per heavy atom. The number of amides is 1. The molecule has 170 valence electrons. The third kappa shape index (κ3) is 5.71. The highest BCUT2D eigenvalue weighted by Gasteiger charge is 2.34. The number of halogens is 1. The fourth-order valence-corrected chi connectivity index (χ4v) is 3.74. The first-order valence-electron chi connectivity index (χ1n) is 10.7. The van der Waals surface area contributed by atoms with Crippen molar-refractivity contribution in [3.05, 3.63) is 52.5 Å². The van der Waals surface area contributed by atoms with Crippen LogP contribution in [0.4, 0.5) is 5.69 Å². The molecule has 2 aromatic carbocycles. The number of rotatable bonds is 7. The molecule has 0 aliphatic carbocycles. The number of benzene rings is 2. The molecule has 1 saturated heterocycles. The Morgan fingerprint density at radius 3 is 2.47 bits per heavy atom. The second kappa shape index (κ2) is 10.5. The molecular weight excluding hydrogens is 474 g/mol. The van der Waals surface area contributed by atoms with E-state index >= 15 is 0 Å². The van der Waals surface area contributed by atoms with Gasteiger partial charge in [-0.2, -0.15) is 5.06 Å². The van der Waals surface area contributed by atoms with Crippen molar-refractivity contribution in [1.29, 1.82) is 0 Å². The molecule has 0 spiro atoms. The number of nitrogens with zero attached hydrogens (tertiary/aromatic N) is 1. The van der Waals surface area contributed by atoms with Gasteiger partial charge in [0.1, 0.15) is 6.29 Å². The van der Waals surface area contributed by atoms with E-state index in [1.165, 1.54) is 5.06 Å². The molecule has 1 heterocycles. The average molecular weight is 502 g/mol. The molecule has 6 nitrogen and oxygen atoms in total. The Hall–Kier alpha value is -2.35. The first-order valence-corrected chi connectivity index (χ1v) is 11.5. The topological polar surface area (TPSA) is 72.9 Å². The van der Waals surface area contributed by atoms with Crippen molar-refractivity contribution in [2.24, 2.45) is 5.41 Å².